The van der Waals surface area contributed by atoms with Crippen molar-refractivity contribution in [1.82, 2.24) is 10.3 Å². The molecule has 2 N–H and O–H groups in total. The molecule has 1 heterocycles. The maximum absolute atomic E-state index is 12.2. The Morgan fingerprint density at radius 1 is 1.46 bits per heavy atom. The number of hydrogen-bond donors (Lipinski definition) is 2. The van der Waals surface area contributed by atoms with E-state index in [2.05, 4.69) is 10.3 Å². The van der Waals surface area contributed by atoms with Crippen LogP contribution in [0.15, 0.2) is 41.6 Å². The van der Waals surface area contributed by atoms with Crippen molar-refractivity contribution in [3.05, 3.63) is 47.2 Å². The topological polar surface area (TPSA) is 80.7 Å². The third-order valence-corrected chi connectivity index (χ3v) is 4.45. The predicted molar refractivity (Wildman–Crippen MR) is 101 cm³/mol. The van der Waals surface area contributed by atoms with E-state index in [-0.39, 0.29) is 5.88 Å². The van der Waals surface area contributed by atoms with E-state index in [1.807, 2.05) is 0 Å². The second kappa shape index (κ2) is 7.86. The van der Waals surface area contributed by atoms with Crippen LogP contribution in [0.5, 0.6) is 5.88 Å². The van der Waals surface area contributed by atoms with Crippen LogP contribution in [0.1, 0.15) is 32.4 Å². The molecule has 0 radical (unpaired) electrons. The molecule has 3 unspecified atom stereocenters. The molecular weight excluding hydrogens is 379 g/mol. The van der Waals surface area contributed by atoms with Crippen molar-refractivity contribution in [3.63, 3.8) is 0 Å². The molecule has 26 heavy (non-hydrogen) atoms. The minimum Gasteiger partial charge on any atom is -0.481 e. The number of rotatable bonds is 4. The summed E-state index contributed by atoms with van der Waals surface area (Å²) in [5, 5.41) is 14.0. The largest absolute Gasteiger partial charge is 0.481 e. The Balaban J connectivity index is 2.34. The Bertz CT molecular complexity index is 730. The number of pyridine rings is 1. The number of nitrogens with zero attached hydrogens (tertiary/aromatic N) is 1. The van der Waals surface area contributed by atoms with Crippen molar-refractivity contribution >= 4 is 29.3 Å². The highest BCUT2D eigenvalue weighted by Crippen LogP contribution is 2.42. The van der Waals surface area contributed by atoms with Crippen molar-refractivity contribution in [1.29, 1.82) is 0 Å². The van der Waals surface area contributed by atoms with Crippen molar-refractivity contribution in [2.75, 3.05) is 7.11 Å². The zero-order valence-corrected chi connectivity index (χ0v) is 16.5. The summed E-state index contributed by atoms with van der Waals surface area (Å²) >= 11 is 12.9. The summed E-state index contributed by atoms with van der Waals surface area (Å²) in [6.45, 7) is 5.26. The third-order valence-electron chi connectivity index (χ3n) is 3.66. The lowest BCUT2D eigenvalue weighted by Gasteiger charge is -2.38. The van der Waals surface area contributed by atoms with Crippen LogP contribution >= 0.6 is 23.2 Å². The molecule has 1 aliphatic rings. The fraction of sp³-hybridized carbons (Fsp3) is 0.444. The number of halogens is 2. The van der Waals surface area contributed by atoms with Crippen LogP contribution in [-0.4, -0.2) is 39.8 Å². The second-order valence-electron chi connectivity index (χ2n) is 6.84. The van der Waals surface area contributed by atoms with Gasteiger partial charge in [-0.1, -0.05) is 17.7 Å². The molecule has 8 heteroatoms. The van der Waals surface area contributed by atoms with Gasteiger partial charge in [-0.3, -0.25) is 0 Å². The van der Waals surface area contributed by atoms with Gasteiger partial charge in [-0.05, 0) is 45.1 Å². The number of carbonyl (C=O) groups excluding carboxylic acids is 1. The number of aromatic nitrogens is 1. The van der Waals surface area contributed by atoms with Gasteiger partial charge in [0.25, 0.3) is 0 Å². The molecule has 6 nitrogen and oxygen atoms in total. The SMILES string of the molecule is COc1ncccc1C(O)C1(Cl)C=C(Cl)C=CC1NC(=O)OC(C)(C)C. The van der Waals surface area contributed by atoms with E-state index in [4.69, 9.17) is 32.7 Å². The predicted octanol–water partition coefficient (Wildman–Crippen LogP) is 3.69. The van der Waals surface area contributed by atoms with Crippen LogP contribution in [0.2, 0.25) is 0 Å². The van der Waals surface area contributed by atoms with Crippen molar-refractivity contribution < 1.29 is 19.4 Å². The van der Waals surface area contributed by atoms with Crippen molar-refractivity contribution in [2.45, 2.75) is 43.4 Å². The number of carbonyl (C=O) groups is 1. The Labute approximate surface area is 162 Å². The number of ether oxygens (including phenoxy) is 2. The molecule has 1 aromatic heterocycles. The molecule has 1 aromatic rings. The number of alkyl halides is 1. The smallest absolute Gasteiger partial charge is 0.408 e. The van der Waals surface area contributed by atoms with Gasteiger partial charge in [0.05, 0.1) is 13.2 Å². The molecule has 0 bridgehead atoms. The van der Waals surface area contributed by atoms with Gasteiger partial charge in [-0.25, -0.2) is 9.78 Å². The van der Waals surface area contributed by atoms with Crippen LogP contribution in [-0.2, 0) is 4.74 Å². The average molecular weight is 401 g/mol. The summed E-state index contributed by atoms with van der Waals surface area (Å²) in [6.07, 6.45) is 4.30. The van der Waals surface area contributed by atoms with E-state index in [0.717, 1.165) is 0 Å². The van der Waals surface area contributed by atoms with E-state index < -0.39 is 28.7 Å². The molecule has 0 fully saturated rings. The first-order chi connectivity index (χ1) is 12.1. The van der Waals surface area contributed by atoms with Gasteiger partial charge in [0, 0.05) is 16.8 Å². The quantitative estimate of drug-likeness (QED) is 0.753. The normalized spacial score (nSPS) is 23.8. The van der Waals surface area contributed by atoms with Crippen LogP contribution in [0, 0.1) is 0 Å². The van der Waals surface area contributed by atoms with E-state index in [1.165, 1.54) is 19.4 Å². The second-order valence-corrected chi connectivity index (χ2v) is 7.94. The Morgan fingerprint density at radius 2 is 2.15 bits per heavy atom. The highest BCUT2D eigenvalue weighted by Gasteiger charge is 2.45. The summed E-state index contributed by atoms with van der Waals surface area (Å²) in [7, 11) is 1.44. The van der Waals surface area contributed by atoms with Crippen molar-refractivity contribution in [3.8, 4) is 5.88 Å². The Kier molecular flexibility index (Phi) is 6.21. The molecule has 0 aromatic carbocycles. The van der Waals surface area contributed by atoms with Gasteiger partial charge in [0.1, 0.15) is 16.6 Å². The van der Waals surface area contributed by atoms with Crippen molar-refractivity contribution in [2.24, 2.45) is 0 Å². The molecule has 1 amide bonds. The molecule has 3 atom stereocenters. The molecule has 1 aliphatic carbocycles. The van der Waals surface area contributed by atoms with Crippen LogP contribution in [0.3, 0.4) is 0 Å². The monoisotopic (exact) mass is 400 g/mol. The van der Waals surface area contributed by atoms with E-state index >= 15 is 0 Å². The number of allylic oxidation sites excluding steroid dienone is 2. The van der Waals surface area contributed by atoms with Gasteiger partial charge in [0.15, 0.2) is 0 Å². The zero-order chi connectivity index (χ0) is 19.5. The lowest BCUT2D eigenvalue weighted by atomic mass is 9.85. The molecule has 0 saturated heterocycles. The number of aliphatic hydroxyl groups is 1. The minimum atomic E-state index is -1.46. The van der Waals surface area contributed by atoms with Gasteiger partial charge >= 0.3 is 6.09 Å². The van der Waals surface area contributed by atoms with Crippen LogP contribution < -0.4 is 10.1 Å². The number of aliphatic hydroxyl groups excluding tert-OH is 1. The summed E-state index contributed by atoms with van der Waals surface area (Å²) in [5.74, 6) is 0.232. The zero-order valence-electron chi connectivity index (χ0n) is 15.0. The number of alkyl carbamates (subject to hydrolysis) is 1. The average Bonchev–Trinajstić information content (AvgIpc) is 2.55. The maximum atomic E-state index is 12.2. The first-order valence-electron chi connectivity index (χ1n) is 7.99. The van der Waals surface area contributed by atoms with E-state index in [1.54, 1.807) is 45.1 Å². The summed E-state index contributed by atoms with van der Waals surface area (Å²) < 4.78 is 10.5. The lowest BCUT2D eigenvalue weighted by Crippen LogP contribution is -2.52. The molecule has 0 aliphatic heterocycles. The summed E-state index contributed by atoms with van der Waals surface area (Å²) in [4.78, 5) is 14.8. The third kappa shape index (κ3) is 4.69. The van der Waals surface area contributed by atoms with Gasteiger partial charge in [-0.15, -0.1) is 11.6 Å². The molecular formula is C18H22Cl2N2O4. The molecule has 0 saturated carbocycles. The fourth-order valence-corrected chi connectivity index (χ4v) is 3.22. The first-order valence-corrected chi connectivity index (χ1v) is 8.74. The highest BCUT2D eigenvalue weighted by atomic mass is 35.5. The maximum Gasteiger partial charge on any atom is 0.408 e. The number of nitrogens with one attached hydrogen (secondary N) is 1. The number of hydrogen-bond acceptors (Lipinski definition) is 5. The van der Waals surface area contributed by atoms with Crippen LogP contribution in [0.4, 0.5) is 4.79 Å². The minimum absolute atomic E-state index is 0.232. The number of amides is 1. The van der Waals surface area contributed by atoms with E-state index in [0.29, 0.717) is 10.6 Å². The highest BCUT2D eigenvalue weighted by molar-refractivity contribution is 6.33. The summed E-state index contributed by atoms with van der Waals surface area (Å²) in [5.41, 5.74) is -0.298. The van der Waals surface area contributed by atoms with Gasteiger partial charge in [0.2, 0.25) is 5.88 Å². The fourth-order valence-electron chi connectivity index (χ4n) is 2.55. The molecule has 0 spiro atoms. The summed E-state index contributed by atoms with van der Waals surface area (Å²) in [6, 6.07) is 2.52. The standard InChI is InChI=1S/C18H22Cl2N2O4/c1-17(2,3)26-16(24)22-13-8-7-11(19)10-18(13,20)14(23)12-6-5-9-21-15(12)25-4/h5-10,13-14,23H,1-4H3,(H,22,24). The van der Waals surface area contributed by atoms with Gasteiger partial charge < -0.3 is 19.9 Å². The molecule has 142 valence electrons. The Hall–Kier alpha value is -1.76. The number of methoxy groups -OCH3 is 1. The first kappa shape index (κ1) is 20.6. The Morgan fingerprint density at radius 3 is 2.77 bits per heavy atom. The van der Waals surface area contributed by atoms with E-state index in [9.17, 15) is 9.90 Å². The lowest BCUT2D eigenvalue weighted by molar-refractivity contribution is 0.0481. The van der Waals surface area contributed by atoms with Crippen LogP contribution in [0.25, 0.3) is 0 Å². The molecule has 2 rings (SSSR count). The van der Waals surface area contributed by atoms with Gasteiger partial charge in [-0.2, -0.15) is 0 Å².